The smallest absolute Gasteiger partial charge is 0.255 e. The molecule has 2 aromatic rings. The molecule has 0 saturated carbocycles. The van der Waals surface area contributed by atoms with Gasteiger partial charge in [-0.2, -0.15) is 0 Å². The summed E-state index contributed by atoms with van der Waals surface area (Å²) in [7, 11) is 0. The third-order valence-corrected chi connectivity index (χ3v) is 2.77. The van der Waals surface area contributed by atoms with Crippen molar-refractivity contribution in [2.75, 3.05) is 11.9 Å². The van der Waals surface area contributed by atoms with Gasteiger partial charge in [0.1, 0.15) is 0 Å². The van der Waals surface area contributed by atoms with Crippen molar-refractivity contribution in [1.82, 2.24) is 4.98 Å². The Hall–Kier alpha value is -2.20. The highest BCUT2D eigenvalue weighted by Crippen LogP contribution is 2.12. The van der Waals surface area contributed by atoms with Crippen LogP contribution in [0.4, 0.5) is 5.69 Å². The summed E-state index contributed by atoms with van der Waals surface area (Å²) in [4.78, 5) is 16.1. The third-order valence-electron chi connectivity index (χ3n) is 2.77. The van der Waals surface area contributed by atoms with Crippen molar-refractivity contribution in [2.45, 2.75) is 13.3 Å². The number of pyridine rings is 1. The van der Waals surface area contributed by atoms with Gasteiger partial charge in [0.25, 0.3) is 5.91 Å². The molecule has 2 rings (SSSR count). The highest BCUT2D eigenvalue weighted by molar-refractivity contribution is 6.04. The fourth-order valence-corrected chi connectivity index (χ4v) is 1.77. The molecule has 0 radical (unpaired) electrons. The number of nitrogens with one attached hydrogen (secondary N) is 1. The molecule has 0 unspecified atom stereocenters. The maximum Gasteiger partial charge on any atom is 0.255 e. The molecule has 1 aromatic heterocycles. The first-order valence-electron chi connectivity index (χ1n) is 6.13. The molecule has 0 aliphatic carbocycles. The lowest BCUT2D eigenvalue weighted by atomic mass is 10.1. The van der Waals surface area contributed by atoms with Crippen LogP contribution in [-0.2, 0) is 6.42 Å². The van der Waals surface area contributed by atoms with Gasteiger partial charge in [-0.05, 0) is 43.2 Å². The number of carbonyl (C=O) groups excluding carboxylic acids is 1. The largest absolute Gasteiger partial charge is 0.396 e. The van der Waals surface area contributed by atoms with Crippen LogP contribution in [0.25, 0.3) is 0 Å². The summed E-state index contributed by atoms with van der Waals surface area (Å²) in [6.45, 7) is 1.97. The average molecular weight is 256 g/mol. The Morgan fingerprint density at radius 3 is 2.63 bits per heavy atom. The molecule has 2 N–H and O–H groups in total. The van der Waals surface area contributed by atoms with Crippen molar-refractivity contribution in [3.8, 4) is 0 Å². The molecule has 0 fully saturated rings. The molecular formula is C15H16N2O2. The van der Waals surface area contributed by atoms with Gasteiger partial charge in [-0.25, -0.2) is 0 Å². The number of hydrogen-bond donors (Lipinski definition) is 2. The van der Waals surface area contributed by atoms with Gasteiger partial charge < -0.3 is 10.4 Å². The zero-order chi connectivity index (χ0) is 13.7. The molecule has 0 saturated heterocycles. The number of aromatic nitrogens is 1. The van der Waals surface area contributed by atoms with Crippen LogP contribution in [0.5, 0.6) is 0 Å². The normalized spacial score (nSPS) is 10.2. The molecule has 1 amide bonds. The number of benzene rings is 1. The van der Waals surface area contributed by atoms with Crippen LogP contribution in [0.3, 0.4) is 0 Å². The van der Waals surface area contributed by atoms with E-state index < -0.39 is 0 Å². The highest BCUT2D eigenvalue weighted by atomic mass is 16.2. The molecule has 98 valence electrons. The number of aliphatic hydroxyl groups excluding tert-OH is 1. The van der Waals surface area contributed by atoms with Crippen LogP contribution in [-0.4, -0.2) is 22.6 Å². The van der Waals surface area contributed by atoms with Crippen LogP contribution in [0.2, 0.25) is 0 Å². The fourth-order valence-electron chi connectivity index (χ4n) is 1.77. The Morgan fingerprint density at radius 1 is 1.26 bits per heavy atom. The van der Waals surface area contributed by atoms with Crippen LogP contribution >= 0.6 is 0 Å². The highest BCUT2D eigenvalue weighted by Gasteiger charge is 2.06. The fraction of sp³-hybridized carbons (Fsp3) is 0.200. The predicted molar refractivity (Wildman–Crippen MR) is 74.2 cm³/mol. The van der Waals surface area contributed by atoms with E-state index in [9.17, 15) is 4.79 Å². The topological polar surface area (TPSA) is 62.2 Å². The number of hydrogen-bond acceptors (Lipinski definition) is 3. The van der Waals surface area contributed by atoms with Gasteiger partial charge >= 0.3 is 0 Å². The summed E-state index contributed by atoms with van der Waals surface area (Å²) in [5.41, 5.74) is 3.18. The van der Waals surface area contributed by atoms with E-state index in [0.717, 1.165) is 16.9 Å². The summed E-state index contributed by atoms with van der Waals surface area (Å²) in [5, 5.41) is 11.7. The van der Waals surface area contributed by atoms with E-state index in [0.29, 0.717) is 12.0 Å². The summed E-state index contributed by atoms with van der Waals surface area (Å²) >= 11 is 0. The molecule has 1 heterocycles. The Balaban J connectivity index is 2.06. The predicted octanol–water partition coefficient (Wildman–Crippen LogP) is 2.18. The van der Waals surface area contributed by atoms with Crippen LogP contribution in [0.1, 0.15) is 21.6 Å². The lowest BCUT2D eigenvalue weighted by Gasteiger charge is -2.06. The van der Waals surface area contributed by atoms with E-state index in [1.165, 1.54) is 0 Å². The molecule has 4 nitrogen and oxygen atoms in total. The van der Waals surface area contributed by atoms with Crippen LogP contribution in [0.15, 0.2) is 42.6 Å². The van der Waals surface area contributed by atoms with Gasteiger partial charge in [-0.15, -0.1) is 0 Å². The molecular weight excluding hydrogens is 240 g/mol. The van der Waals surface area contributed by atoms with E-state index >= 15 is 0 Å². The molecule has 0 atom stereocenters. The first-order chi connectivity index (χ1) is 9.19. The summed E-state index contributed by atoms with van der Waals surface area (Å²) in [6, 6.07) is 10.9. The minimum absolute atomic E-state index is 0.127. The van der Waals surface area contributed by atoms with Crippen LogP contribution in [0, 0.1) is 6.92 Å². The zero-order valence-electron chi connectivity index (χ0n) is 10.8. The molecule has 0 aliphatic heterocycles. The second-order valence-electron chi connectivity index (χ2n) is 4.31. The number of amides is 1. The van der Waals surface area contributed by atoms with Gasteiger partial charge in [-0.3, -0.25) is 9.78 Å². The monoisotopic (exact) mass is 256 g/mol. The maximum atomic E-state index is 12.0. The lowest BCUT2D eigenvalue weighted by Crippen LogP contribution is -2.12. The van der Waals surface area contributed by atoms with Crippen molar-refractivity contribution in [1.29, 1.82) is 0 Å². The van der Waals surface area contributed by atoms with E-state index in [2.05, 4.69) is 10.3 Å². The number of rotatable bonds is 4. The summed E-state index contributed by atoms with van der Waals surface area (Å²) in [5.74, 6) is -0.152. The maximum absolute atomic E-state index is 12.0. The van der Waals surface area contributed by atoms with Gasteiger partial charge in [0.05, 0.1) is 0 Å². The van der Waals surface area contributed by atoms with E-state index in [4.69, 9.17) is 5.11 Å². The van der Waals surface area contributed by atoms with E-state index in [-0.39, 0.29) is 12.5 Å². The van der Waals surface area contributed by atoms with Crippen molar-refractivity contribution >= 4 is 11.6 Å². The second kappa shape index (κ2) is 6.11. The second-order valence-corrected chi connectivity index (χ2v) is 4.31. The molecule has 0 spiro atoms. The molecule has 4 heteroatoms. The zero-order valence-corrected chi connectivity index (χ0v) is 10.8. The van der Waals surface area contributed by atoms with Crippen molar-refractivity contribution < 1.29 is 9.90 Å². The van der Waals surface area contributed by atoms with Crippen molar-refractivity contribution in [3.05, 3.63) is 59.4 Å². The van der Waals surface area contributed by atoms with Gasteiger partial charge in [0, 0.05) is 29.7 Å². The Morgan fingerprint density at radius 2 is 2.00 bits per heavy atom. The summed E-state index contributed by atoms with van der Waals surface area (Å²) in [6.07, 6.45) is 2.24. The number of anilines is 1. The van der Waals surface area contributed by atoms with Gasteiger partial charge in [0.2, 0.25) is 0 Å². The van der Waals surface area contributed by atoms with Gasteiger partial charge in [0.15, 0.2) is 0 Å². The molecule has 0 bridgehead atoms. The van der Waals surface area contributed by atoms with Crippen molar-refractivity contribution in [3.63, 3.8) is 0 Å². The molecule has 19 heavy (non-hydrogen) atoms. The first kappa shape index (κ1) is 13.2. The molecule has 0 aliphatic rings. The standard InChI is InChI=1S/C15H16N2O2/c1-11-10-13(6-8-16-11)15(19)17-14-4-2-12(3-5-14)7-9-18/h2-6,8,10,18H,7,9H2,1H3,(H,17,19). The van der Waals surface area contributed by atoms with Crippen LogP contribution < -0.4 is 5.32 Å². The lowest BCUT2D eigenvalue weighted by molar-refractivity contribution is 0.102. The number of carbonyl (C=O) groups is 1. The van der Waals surface area contributed by atoms with Gasteiger partial charge in [-0.1, -0.05) is 12.1 Å². The first-order valence-corrected chi connectivity index (χ1v) is 6.13. The third kappa shape index (κ3) is 3.63. The SMILES string of the molecule is Cc1cc(C(=O)Nc2ccc(CCO)cc2)ccn1. The average Bonchev–Trinajstić information content (AvgIpc) is 2.41. The Labute approximate surface area is 112 Å². The summed E-state index contributed by atoms with van der Waals surface area (Å²) < 4.78 is 0. The van der Waals surface area contributed by atoms with E-state index in [1.807, 2.05) is 31.2 Å². The quantitative estimate of drug-likeness (QED) is 0.881. The Bertz CT molecular complexity index is 565. The number of aryl methyl sites for hydroxylation is 1. The minimum Gasteiger partial charge on any atom is -0.396 e. The molecule has 1 aromatic carbocycles. The Kier molecular flexibility index (Phi) is 4.26. The number of nitrogens with zero attached hydrogens (tertiary/aromatic N) is 1. The minimum atomic E-state index is -0.152. The number of aliphatic hydroxyl groups is 1. The van der Waals surface area contributed by atoms with E-state index in [1.54, 1.807) is 18.3 Å². The van der Waals surface area contributed by atoms with Crippen molar-refractivity contribution in [2.24, 2.45) is 0 Å².